The summed E-state index contributed by atoms with van der Waals surface area (Å²) in [5, 5.41) is 0. The van der Waals surface area contributed by atoms with Crippen molar-refractivity contribution in [1.29, 1.82) is 0 Å². The van der Waals surface area contributed by atoms with Gasteiger partial charge in [-0.3, -0.25) is 13.9 Å². The SMILES string of the molecule is CCN(CC)c1nc2c(c(=O)n(C)c(=O)n2C)n1CCc1ccccc1. The standard InChI is InChI=1S/C19H25N5O2/c1-5-23(6-2)18-20-16-15(17(25)22(4)19(26)21(16)3)24(18)13-12-14-10-8-7-9-11-14/h7-11H,5-6,12-13H2,1-4H3. The zero-order valence-electron chi connectivity index (χ0n) is 15.8. The van der Waals surface area contributed by atoms with Gasteiger partial charge < -0.3 is 9.47 Å². The third-order valence-electron chi connectivity index (χ3n) is 4.84. The van der Waals surface area contributed by atoms with Crippen molar-refractivity contribution in [2.45, 2.75) is 26.8 Å². The third-order valence-corrected chi connectivity index (χ3v) is 4.84. The quantitative estimate of drug-likeness (QED) is 0.673. The van der Waals surface area contributed by atoms with E-state index in [2.05, 4.69) is 35.9 Å². The zero-order chi connectivity index (χ0) is 18.8. The van der Waals surface area contributed by atoms with Crippen molar-refractivity contribution in [3.8, 4) is 0 Å². The van der Waals surface area contributed by atoms with Gasteiger partial charge in [0, 0.05) is 33.7 Å². The Bertz CT molecular complexity index is 1030. The maximum Gasteiger partial charge on any atom is 0.332 e. The van der Waals surface area contributed by atoms with E-state index in [0.717, 1.165) is 30.0 Å². The van der Waals surface area contributed by atoms with E-state index in [1.54, 1.807) is 7.05 Å². The second-order valence-electron chi connectivity index (χ2n) is 6.35. The molecule has 0 N–H and O–H groups in total. The van der Waals surface area contributed by atoms with Crippen LogP contribution in [0.15, 0.2) is 39.9 Å². The van der Waals surface area contributed by atoms with E-state index < -0.39 is 0 Å². The molecule has 3 rings (SSSR count). The smallest absolute Gasteiger partial charge is 0.332 e. The van der Waals surface area contributed by atoms with Crippen LogP contribution in [0.2, 0.25) is 0 Å². The summed E-state index contributed by atoms with van der Waals surface area (Å²) < 4.78 is 4.55. The highest BCUT2D eigenvalue weighted by atomic mass is 16.2. The number of benzene rings is 1. The van der Waals surface area contributed by atoms with E-state index in [1.807, 2.05) is 22.8 Å². The van der Waals surface area contributed by atoms with Gasteiger partial charge in [-0.2, -0.15) is 4.98 Å². The number of hydrogen-bond acceptors (Lipinski definition) is 4. The average Bonchev–Trinajstić information content (AvgIpc) is 3.04. The molecule has 2 aromatic heterocycles. The maximum atomic E-state index is 12.8. The Labute approximate surface area is 152 Å². The lowest BCUT2D eigenvalue weighted by atomic mass is 10.1. The van der Waals surface area contributed by atoms with Gasteiger partial charge in [0.05, 0.1) is 0 Å². The minimum Gasteiger partial charge on any atom is -0.343 e. The highest BCUT2D eigenvalue weighted by Gasteiger charge is 2.21. The Morgan fingerprint density at radius 3 is 2.27 bits per heavy atom. The molecule has 0 spiro atoms. The second kappa shape index (κ2) is 7.19. The van der Waals surface area contributed by atoms with Crippen molar-refractivity contribution in [2.75, 3.05) is 18.0 Å². The molecular weight excluding hydrogens is 330 g/mol. The van der Waals surface area contributed by atoms with Crippen LogP contribution in [0.3, 0.4) is 0 Å². The van der Waals surface area contributed by atoms with Crippen molar-refractivity contribution >= 4 is 17.1 Å². The van der Waals surface area contributed by atoms with E-state index in [9.17, 15) is 9.59 Å². The molecule has 0 radical (unpaired) electrons. The molecule has 0 atom stereocenters. The van der Waals surface area contributed by atoms with Crippen LogP contribution in [0.25, 0.3) is 11.2 Å². The van der Waals surface area contributed by atoms with Gasteiger partial charge >= 0.3 is 5.69 Å². The predicted molar refractivity (Wildman–Crippen MR) is 104 cm³/mol. The molecule has 0 unspecified atom stereocenters. The van der Waals surface area contributed by atoms with Crippen molar-refractivity contribution in [1.82, 2.24) is 18.7 Å². The molecule has 7 nitrogen and oxygen atoms in total. The molecule has 0 aliphatic heterocycles. The third kappa shape index (κ3) is 2.94. The Morgan fingerprint density at radius 2 is 1.65 bits per heavy atom. The number of aromatic nitrogens is 4. The molecule has 0 bridgehead atoms. The number of aryl methyl sites for hydroxylation is 3. The predicted octanol–water partition coefficient (Wildman–Crippen LogP) is 1.52. The van der Waals surface area contributed by atoms with Crippen molar-refractivity contribution in [3.63, 3.8) is 0 Å². The lowest BCUT2D eigenvalue weighted by Crippen LogP contribution is -2.37. The molecule has 7 heteroatoms. The monoisotopic (exact) mass is 355 g/mol. The number of fused-ring (bicyclic) bond motifs is 1. The minimum atomic E-state index is -0.360. The van der Waals surface area contributed by atoms with Gasteiger partial charge in [0.25, 0.3) is 5.56 Å². The molecule has 0 aliphatic carbocycles. The highest BCUT2D eigenvalue weighted by Crippen LogP contribution is 2.20. The first-order chi connectivity index (χ1) is 12.5. The Hall–Kier alpha value is -2.83. The number of hydrogen-bond donors (Lipinski definition) is 0. The Balaban J connectivity index is 2.21. The van der Waals surface area contributed by atoms with Gasteiger partial charge in [0.2, 0.25) is 5.95 Å². The van der Waals surface area contributed by atoms with Crippen molar-refractivity contribution in [3.05, 3.63) is 56.7 Å². The lowest BCUT2D eigenvalue weighted by molar-refractivity contribution is 0.672. The van der Waals surface area contributed by atoms with Gasteiger partial charge in [-0.25, -0.2) is 4.79 Å². The fraction of sp³-hybridized carbons (Fsp3) is 0.421. The van der Waals surface area contributed by atoms with Gasteiger partial charge in [-0.15, -0.1) is 0 Å². The van der Waals surface area contributed by atoms with Gasteiger partial charge in [0.1, 0.15) is 0 Å². The van der Waals surface area contributed by atoms with Crippen LogP contribution < -0.4 is 16.1 Å². The molecular formula is C19H25N5O2. The summed E-state index contributed by atoms with van der Waals surface area (Å²) in [6.07, 6.45) is 0.784. The van der Waals surface area contributed by atoms with Crippen LogP contribution in [-0.4, -0.2) is 31.8 Å². The van der Waals surface area contributed by atoms with Crippen LogP contribution in [-0.2, 0) is 27.1 Å². The molecule has 0 fully saturated rings. The molecule has 26 heavy (non-hydrogen) atoms. The molecule has 0 saturated carbocycles. The minimum absolute atomic E-state index is 0.304. The fourth-order valence-electron chi connectivity index (χ4n) is 3.28. The van der Waals surface area contributed by atoms with Crippen molar-refractivity contribution in [2.24, 2.45) is 14.1 Å². The van der Waals surface area contributed by atoms with Crippen LogP contribution >= 0.6 is 0 Å². The summed E-state index contributed by atoms with van der Waals surface area (Å²) >= 11 is 0. The van der Waals surface area contributed by atoms with E-state index in [4.69, 9.17) is 0 Å². The van der Waals surface area contributed by atoms with Crippen LogP contribution in [0, 0.1) is 0 Å². The van der Waals surface area contributed by atoms with E-state index in [0.29, 0.717) is 17.7 Å². The Morgan fingerprint density at radius 1 is 1.00 bits per heavy atom. The molecule has 138 valence electrons. The Kier molecular flexibility index (Phi) is 4.97. The summed E-state index contributed by atoms with van der Waals surface area (Å²) in [5.74, 6) is 0.735. The van der Waals surface area contributed by atoms with Crippen LogP contribution in [0.1, 0.15) is 19.4 Å². The number of imidazole rings is 1. The topological polar surface area (TPSA) is 65.1 Å². The molecule has 0 aliphatic rings. The molecule has 2 heterocycles. The van der Waals surface area contributed by atoms with Gasteiger partial charge in [-0.05, 0) is 25.8 Å². The normalized spacial score (nSPS) is 11.2. The first-order valence-corrected chi connectivity index (χ1v) is 8.94. The summed E-state index contributed by atoms with van der Waals surface area (Å²) in [4.78, 5) is 31.9. The summed E-state index contributed by atoms with van der Waals surface area (Å²) in [6, 6.07) is 10.2. The summed E-state index contributed by atoms with van der Waals surface area (Å²) in [6.45, 7) is 6.29. The summed E-state index contributed by atoms with van der Waals surface area (Å²) in [7, 11) is 3.17. The maximum absolute atomic E-state index is 12.8. The fourth-order valence-corrected chi connectivity index (χ4v) is 3.28. The largest absolute Gasteiger partial charge is 0.343 e. The van der Waals surface area contributed by atoms with E-state index in [-0.39, 0.29) is 11.2 Å². The zero-order valence-corrected chi connectivity index (χ0v) is 15.8. The summed E-state index contributed by atoms with van der Waals surface area (Å²) in [5.41, 5.74) is 1.45. The first-order valence-electron chi connectivity index (χ1n) is 8.94. The average molecular weight is 355 g/mol. The number of nitrogens with zero attached hydrogens (tertiary/aromatic N) is 5. The lowest BCUT2D eigenvalue weighted by Gasteiger charge is -2.21. The molecule has 0 saturated heterocycles. The first kappa shape index (κ1) is 18.0. The highest BCUT2D eigenvalue weighted by molar-refractivity contribution is 5.74. The van der Waals surface area contributed by atoms with E-state index >= 15 is 0 Å². The van der Waals surface area contributed by atoms with Crippen LogP contribution in [0.5, 0.6) is 0 Å². The van der Waals surface area contributed by atoms with Crippen LogP contribution in [0.4, 0.5) is 5.95 Å². The van der Waals surface area contributed by atoms with Crippen molar-refractivity contribution < 1.29 is 0 Å². The van der Waals surface area contributed by atoms with Gasteiger partial charge in [-0.1, -0.05) is 30.3 Å². The number of anilines is 1. The van der Waals surface area contributed by atoms with E-state index in [1.165, 1.54) is 17.2 Å². The second-order valence-corrected chi connectivity index (χ2v) is 6.35. The molecule has 1 aromatic carbocycles. The number of rotatable bonds is 6. The molecule has 0 amide bonds. The molecule has 3 aromatic rings. The van der Waals surface area contributed by atoms with Gasteiger partial charge in [0.15, 0.2) is 11.2 Å².